The van der Waals surface area contributed by atoms with Crippen molar-refractivity contribution in [2.75, 3.05) is 20.3 Å². The first-order valence-electron chi connectivity index (χ1n) is 6.54. The topological polar surface area (TPSA) is 54.4 Å². The van der Waals surface area contributed by atoms with Gasteiger partial charge in [0.25, 0.3) is 0 Å². The first-order chi connectivity index (χ1) is 8.69. The first-order valence-corrected chi connectivity index (χ1v) is 7.36. The van der Waals surface area contributed by atoms with Gasteiger partial charge >= 0.3 is 0 Å². The minimum absolute atomic E-state index is 0.374. The van der Waals surface area contributed by atoms with Crippen molar-refractivity contribution in [2.24, 2.45) is 5.92 Å². The molecule has 2 unspecified atom stereocenters. The number of aryl methyl sites for hydroxylation is 1. The van der Waals surface area contributed by atoms with Crippen LogP contribution >= 0.6 is 11.3 Å². The summed E-state index contributed by atoms with van der Waals surface area (Å²) < 4.78 is 4.88. The summed E-state index contributed by atoms with van der Waals surface area (Å²) in [5.74, 6) is 0.794. The Morgan fingerprint density at radius 3 is 3.22 bits per heavy atom. The lowest BCUT2D eigenvalue weighted by molar-refractivity contribution is 0.0644. The number of aliphatic hydroxyl groups excluding tert-OH is 1. The minimum atomic E-state index is -0.440. The molecular formula is C13H22N2O2S. The van der Waals surface area contributed by atoms with Gasteiger partial charge in [0.05, 0.1) is 18.4 Å². The minimum Gasteiger partial charge on any atom is -0.389 e. The molecule has 1 aliphatic carbocycles. The van der Waals surface area contributed by atoms with Crippen molar-refractivity contribution in [2.45, 2.75) is 38.8 Å². The summed E-state index contributed by atoms with van der Waals surface area (Å²) >= 11 is 1.82. The number of aliphatic hydroxyl groups is 1. The van der Waals surface area contributed by atoms with Gasteiger partial charge in [0, 0.05) is 25.1 Å². The van der Waals surface area contributed by atoms with Gasteiger partial charge in [-0.15, -0.1) is 11.3 Å². The number of nitrogens with one attached hydrogen (secondary N) is 1. The molecule has 1 heterocycles. The van der Waals surface area contributed by atoms with E-state index in [1.807, 2.05) is 11.3 Å². The average molecular weight is 270 g/mol. The smallest absolute Gasteiger partial charge is 0.107 e. The van der Waals surface area contributed by atoms with Gasteiger partial charge in [0.2, 0.25) is 0 Å². The van der Waals surface area contributed by atoms with E-state index in [4.69, 9.17) is 4.74 Å². The zero-order chi connectivity index (χ0) is 13.0. The molecule has 5 heteroatoms. The largest absolute Gasteiger partial charge is 0.389 e. The van der Waals surface area contributed by atoms with Crippen LogP contribution in [-0.2, 0) is 24.1 Å². The number of hydrogen-bond donors (Lipinski definition) is 2. The van der Waals surface area contributed by atoms with Crippen molar-refractivity contribution in [3.05, 3.63) is 15.6 Å². The van der Waals surface area contributed by atoms with E-state index in [9.17, 15) is 5.11 Å². The fraction of sp³-hybridized carbons (Fsp3) is 0.769. The van der Waals surface area contributed by atoms with E-state index >= 15 is 0 Å². The van der Waals surface area contributed by atoms with E-state index < -0.39 is 6.10 Å². The maximum atomic E-state index is 9.52. The van der Waals surface area contributed by atoms with Gasteiger partial charge in [-0.3, -0.25) is 0 Å². The molecule has 1 aliphatic rings. The van der Waals surface area contributed by atoms with Crippen LogP contribution in [0.3, 0.4) is 0 Å². The molecule has 0 aliphatic heterocycles. The second-order valence-electron chi connectivity index (χ2n) is 5.07. The Hall–Kier alpha value is -0.490. The number of methoxy groups -OCH3 is 1. The van der Waals surface area contributed by atoms with Gasteiger partial charge in [-0.2, -0.15) is 0 Å². The predicted octanol–water partition coefficient (Wildman–Crippen LogP) is 1.36. The number of rotatable bonds is 6. The van der Waals surface area contributed by atoms with Crippen LogP contribution in [0.1, 0.15) is 28.9 Å². The van der Waals surface area contributed by atoms with Crippen molar-refractivity contribution >= 4 is 11.3 Å². The third kappa shape index (κ3) is 3.75. The molecule has 0 bridgehead atoms. The fourth-order valence-corrected chi connectivity index (χ4v) is 3.51. The number of fused-ring (bicyclic) bond motifs is 1. The average Bonchev–Trinajstić information content (AvgIpc) is 2.71. The summed E-state index contributed by atoms with van der Waals surface area (Å²) in [5.41, 5.74) is 1.30. The summed E-state index contributed by atoms with van der Waals surface area (Å²) in [6, 6.07) is 0. The summed E-state index contributed by atoms with van der Waals surface area (Å²) in [7, 11) is 1.60. The Morgan fingerprint density at radius 2 is 2.44 bits per heavy atom. The molecule has 0 saturated carbocycles. The van der Waals surface area contributed by atoms with Gasteiger partial charge in [-0.1, -0.05) is 6.92 Å². The van der Waals surface area contributed by atoms with Crippen LogP contribution in [0.5, 0.6) is 0 Å². The monoisotopic (exact) mass is 270 g/mol. The van der Waals surface area contributed by atoms with Crippen LogP contribution in [-0.4, -0.2) is 36.5 Å². The second-order valence-corrected chi connectivity index (χ2v) is 6.23. The molecule has 102 valence electrons. The van der Waals surface area contributed by atoms with E-state index in [1.165, 1.54) is 23.4 Å². The van der Waals surface area contributed by atoms with Crippen LogP contribution in [0, 0.1) is 5.92 Å². The maximum Gasteiger partial charge on any atom is 0.107 e. The maximum absolute atomic E-state index is 9.52. The van der Waals surface area contributed by atoms with Gasteiger partial charge < -0.3 is 15.2 Å². The Kier molecular flexibility index (Phi) is 5.12. The van der Waals surface area contributed by atoms with Crippen LogP contribution < -0.4 is 5.32 Å². The number of ether oxygens (including phenoxy) is 1. The van der Waals surface area contributed by atoms with Gasteiger partial charge in [0.1, 0.15) is 5.01 Å². The van der Waals surface area contributed by atoms with Crippen LogP contribution in [0.25, 0.3) is 0 Å². The summed E-state index contributed by atoms with van der Waals surface area (Å²) in [4.78, 5) is 6.13. The molecule has 4 nitrogen and oxygen atoms in total. The summed E-state index contributed by atoms with van der Waals surface area (Å²) in [5, 5.41) is 13.9. The summed E-state index contributed by atoms with van der Waals surface area (Å²) in [6.45, 7) is 3.97. The number of nitrogens with zero attached hydrogens (tertiary/aromatic N) is 1. The van der Waals surface area contributed by atoms with Gasteiger partial charge in [-0.05, 0) is 25.2 Å². The van der Waals surface area contributed by atoms with Crippen LogP contribution in [0.2, 0.25) is 0 Å². The quantitative estimate of drug-likeness (QED) is 0.819. The van der Waals surface area contributed by atoms with E-state index in [2.05, 4.69) is 17.2 Å². The lowest BCUT2D eigenvalue weighted by Gasteiger charge is -2.15. The Morgan fingerprint density at radius 1 is 1.61 bits per heavy atom. The van der Waals surface area contributed by atoms with E-state index in [0.717, 1.165) is 23.9 Å². The molecule has 0 radical (unpaired) electrons. The normalized spacial score (nSPS) is 20.7. The second kappa shape index (κ2) is 6.61. The van der Waals surface area contributed by atoms with Crippen molar-refractivity contribution in [3.8, 4) is 0 Å². The molecule has 0 fully saturated rings. The number of thiazole rings is 1. The van der Waals surface area contributed by atoms with Crippen LogP contribution in [0.15, 0.2) is 0 Å². The molecule has 0 saturated heterocycles. The lowest BCUT2D eigenvalue weighted by Crippen LogP contribution is -2.29. The van der Waals surface area contributed by atoms with E-state index in [1.54, 1.807) is 7.11 Å². The lowest BCUT2D eigenvalue weighted by atomic mass is 9.93. The predicted molar refractivity (Wildman–Crippen MR) is 72.9 cm³/mol. The van der Waals surface area contributed by atoms with Gasteiger partial charge in [-0.25, -0.2) is 4.98 Å². The molecule has 18 heavy (non-hydrogen) atoms. The fourth-order valence-electron chi connectivity index (χ4n) is 2.27. The van der Waals surface area contributed by atoms with Crippen molar-refractivity contribution < 1.29 is 9.84 Å². The van der Waals surface area contributed by atoms with Crippen molar-refractivity contribution in [1.29, 1.82) is 0 Å². The highest BCUT2D eigenvalue weighted by atomic mass is 32.1. The molecule has 1 aromatic rings. The molecular weight excluding hydrogens is 248 g/mol. The molecule has 2 N–H and O–H groups in total. The zero-order valence-corrected chi connectivity index (χ0v) is 11.9. The highest BCUT2D eigenvalue weighted by Crippen LogP contribution is 2.29. The van der Waals surface area contributed by atoms with E-state index in [0.29, 0.717) is 13.2 Å². The standard InChI is InChI=1S/C13H22N2O2S/c1-9-3-4-11-12(5-9)18-13(15-11)7-14-6-10(16)8-17-2/h9-10,14,16H,3-8H2,1-2H3. The highest BCUT2D eigenvalue weighted by molar-refractivity contribution is 7.11. The van der Waals surface area contributed by atoms with Crippen molar-refractivity contribution in [1.82, 2.24) is 10.3 Å². The first kappa shape index (κ1) is 13.9. The van der Waals surface area contributed by atoms with E-state index in [-0.39, 0.29) is 0 Å². The highest BCUT2D eigenvalue weighted by Gasteiger charge is 2.19. The SMILES string of the molecule is COCC(O)CNCc1nc2c(s1)CC(C)CC2. The molecule has 0 aromatic carbocycles. The summed E-state index contributed by atoms with van der Waals surface area (Å²) in [6.07, 6.45) is 3.12. The Balaban J connectivity index is 1.80. The molecule has 2 atom stereocenters. The third-order valence-electron chi connectivity index (χ3n) is 3.25. The number of aromatic nitrogens is 1. The molecule has 0 amide bonds. The molecule has 1 aromatic heterocycles. The van der Waals surface area contributed by atoms with Crippen molar-refractivity contribution in [3.63, 3.8) is 0 Å². The van der Waals surface area contributed by atoms with Gasteiger partial charge in [0.15, 0.2) is 0 Å². The molecule has 0 spiro atoms. The van der Waals surface area contributed by atoms with Crippen LogP contribution in [0.4, 0.5) is 0 Å². The Labute approximate surface area is 112 Å². The Bertz CT molecular complexity index is 381. The molecule has 2 rings (SSSR count). The number of hydrogen-bond acceptors (Lipinski definition) is 5. The third-order valence-corrected chi connectivity index (χ3v) is 4.37. The zero-order valence-electron chi connectivity index (χ0n) is 11.1.